The maximum Gasteiger partial charge on any atom is 0.573 e. The molecule has 12 heteroatoms. The van der Waals surface area contributed by atoms with Crippen molar-refractivity contribution >= 4 is 42.3 Å². The first-order valence-electron chi connectivity index (χ1n) is 8.54. The van der Waals surface area contributed by atoms with Gasteiger partial charge in [-0.2, -0.15) is 0 Å². The van der Waals surface area contributed by atoms with Crippen LogP contribution < -0.4 is 15.8 Å². The largest absolute Gasteiger partial charge is 0.573 e. The van der Waals surface area contributed by atoms with Crippen molar-refractivity contribution in [1.82, 2.24) is 9.80 Å². The second-order valence-corrected chi connectivity index (χ2v) is 6.46. The molecule has 1 fully saturated rings. The Morgan fingerprint density at radius 3 is 2.17 bits per heavy atom. The molecule has 2 rings (SSSR count). The SMILES string of the molecule is CC(N)CC(=O)N1CCN(CC(=O)Nc2ccc(OC(F)(F)F)cc2)CC1.Cl.Cl. The minimum atomic E-state index is -4.75. The summed E-state index contributed by atoms with van der Waals surface area (Å²) >= 11 is 0. The molecule has 0 spiro atoms. The first-order chi connectivity index (χ1) is 12.6. The number of anilines is 1. The van der Waals surface area contributed by atoms with Gasteiger partial charge < -0.3 is 20.7 Å². The number of hydrogen-bond acceptors (Lipinski definition) is 5. The van der Waals surface area contributed by atoms with Crippen LogP contribution in [0.5, 0.6) is 5.75 Å². The maximum atomic E-state index is 12.1. The van der Waals surface area contributed by atoms with Crippen LogP contribution in [0.1, 0.15) is 13.3 Å². The molecule has 7 nitrogen and oxygen atoms in total. The third-order valence-corrected chi connectivity index (χ3v) is 3.96. The van der Waals surface area contributed by atoms with E-state index in [9.17, 15) is 22.8 Å². The van der Waals surface area contributed by atoms with E-state index in [2.05, 4.69) is 10.1 Å². The Labute approximate surface area is 179 Å². The van der Waals surface area contributed by atoms with Crippen molar-refractivity contribution in [3.05, 3.63) is 24.3 Å². The highest BCUT2D eigenvalue weighted by atomic mass is 35.5. The van der Waals surface area contributed by atoms with Crippen LogP contribution >= 0.6 is 24.8 Å². The molecule has 1 aromatic rings. The fourth-order valence-corrected chi connectivity index (χ4v) is 2.70. The number of nitrogens with two attached hydrogens (primary N) is 1. The van der Waals surface area contributed by atoms with Gasteiger partial charge in [0, 0.05) is 44.3 Å². The van der Waals surface area contributed by atoms with Crippen LogP contribution in [0, 0.1) is 0 Å². The summed E-state index contributed by atoms with van der Waals surface area (Å²) in [4.78, 5) is 27.7. The van der Waals surface area contributed by atoms with Gasteiger partial charge in [-0.05, 0) is 31.2 Å². The lowest BCUT2D eigenvalue weighted by atomic mass is 10.2. The zero-order valence-electron chi connectivity index (χ0n) is 15.8. The number of carbonyl (C=O) groups is 2. The molecule has 2 amide bonds. The zero-order chi connectivity index (χ0) is 20.0. The van der Waals surface area contributed by atoms with Gasteiger partial charge in [0.15, 0.2) is 0 Å². The van der Waals surface area contributed by atoms with E-state index < -0.39 is 6.36 Å². The molecule has 0 aliphatic carbocycles. The van der Waals surface area contributed by atoms with Crippen LogP contribution in [-0.4, -0.2) is 66.7 Å². The zero-order valence-corrected chi connectivity index (χ0v) is 17.4. The second-order valence-electron chi connectivity index (χ2n) is 6.46. The predicted octanol–water partition coefficient (Wildman–Crippen LogP) is 2.25. The highest BCUT2D eigenvalue weighted by Gasteiger charge is 2.31. The minimum Gasteiger partial charge on any atom is -0.406 e. The molecule has 1 saturated heterocycles. The predicted molar refractivity (Wildman–Crippen MR) is 108 cm³/mol. The summed E-state index contributed by atoms with van der Waals surface area (Å²) < 4.78 is 40.1. The Hall–Kier alpha value is -1.75. The van der Waals surface area contributed by atoms with Gasteiger partial charge in [-0.1, -0.05) is 0 Å². The fourth-order valence-electron chi connectivity index (χ4n) is 2.70. The lowest BCUT2D eigenvalue weighted by Crippen LogP contribution is -2.51. The molecule has 1 aliphatic heterocycles. The van der Waals surface area contributed by atoms with Crippen molar-refractivity contribution in [2.24, 2.45) is 5.73 Å². The number of nitrogens with zero attached hydrogens (tertiary/aromatic N) is 2. The van der Waals surface area contributed by atoms with Crippen LogP contribution in [0.25, 0.3) is 0 Å². The number of amides is 2. The quantitative estimate of drug-likeness (QED) is 0.679. The second kappa shape index (κ2) is 12.1. The average Bonchev–Trinajstić information content (AvgIpc) is 2.55. The van der Waals surface area contributed by atoms with Crippen LogP contribution in [0.15, 0.2) is 24.3 Å². The summed E-state index contributed by atoms with van der Waals surface area (Å²) in [5.41, 5.74) is 6.01. The molecular formula is C17H25Cl2F3N4O3. The number of benzene rings is 1. The van der Waals surface area contributed by atoms with Gasteiger partial charge in [0.25, 0.3) is 0 Å². The van der Waals surface area contributed by atoms with Crippen LogP contribution in [0.4, 0.5) is 18.9 Å². The Kier molecular flexibility index (Phi) is 11.3. The topological polar surface area (TPSA) is 87.9 Å². The molecular weight excluding hydrogens is 436 g/mol. The van der Waals surface area contributed by atoms with E-state index in [4.69, 9.17) is 5.73 Å². The number of piperazine rings is 1. The molecule has 1 heterocycles. The third kappa shape index (κ3) is 10.0. The summed E-state index contributed by atoms with van der Waals surface area (Å²) in [6.07, 6.45) is -4.45. The highest BCUT2D eigenvalue weighted by Crippen LogP contribution is 2.23. The maximum absolute atomic E-state index is 12.1. The van der Waals surface area contributed by atoms with Gasteiger partial charge in [0.1, 0.15) is 5.75 Å². The Balaban J connectivity index is 0.00000392. The molecule has 166 valence electrons. The third-order valence-electron chi connectivity index (χ3n) is 3.96. The molecule has 1 atom stereocenters. The summed E-state index contributed by atoms with van der Waals surface area (Å²) in [7, 11) is 0. The average molecular weight is 461 g/mol. The van der Waals surface area contributed by atoms with Crippen LogP contribution in [-0.2, 0) is 9.59 Å². The van der Waals surface area contributed by atoms with Gasteiger partial charge in [-0.15, -0.1) is 38.0 Å². The van der Waals surface area contributed by atoms with E-state index in [0.717, 1.165) is 12.1 Å². The minimum absolute atomic E-state index is 0. The molecule has 3 N–H and O–H groups in total. The summed E-state index contributed by atoms with van der Waals surface area (Å²) in [6.45, 7) is 4.11. The van der Waals surface area contributed by atoms with Crippen molar-refractivity contribution in [1.29, 1.82) is 0 Å². The molecule has 0 saturated carbocycles. The number of alkyl halides is 3. The number of rotatable bonds is 6. The summed E-state index contributed by atoms with van der Waals surface area (Å²) in [5.74, 6) is -0.627. The Morgan fingerprint density at radius 2 is 1.69 bits per heavy atom. The van der Waals surface area contributed by atoms with E-state index in [0.29, 0.717) is 38.3 Å². The fraction of sp³-hybridized carbons (Fsp3) is 0.529. The van der Waals surface area contributed by atoms with Gasteiger partial charge in [0.05, 0.1) is 6.54 Å². The molecule has 29 heavy (non-hydrogen) atoms. The molecule has 1 unspecified atom stereocenters. The van der Waals surface area contributed by atoms with Crippen molar-refractivity contribution in [3.8, 4) is 5.75 Å². The Bertz CT molecular complexity index is 652. The number of hydrogen-bond donors (Lipinski definition) is 2. The Morgan fingerprint density at radius 1 is 1.14 bits per heavy atom. The molecule has 1 aliphatic rings. The van der Waals surface area contributed by atoms with Crippen molar-refractivity contribution < 1.29 is 27.5 Å². The monoisotopic (exact) mass is 460 g/mol. The lowest BCUT2D eigenvalue weighted by molar-refractivity contribution is -0.274. The highest BCUT2D eigenvalue weighted by molar-refractivity contribution is 5.92. The number of halogens is 5. The number of carbonyl (C=O) groups excluding carboxylic acids is 2. The van der Waals surface area contributed by atoms with E-state index in [1.807, 2.05) is 4.90 Å². The summed E-state index contributed by atoms with van der Waals surface area (Å²) in [6, 6.07) is 4.75. The smallest absolute Gasteiger partial charge is 0.406 e. The van der Waals surface area contributed by atoms with Crippen LogP contribution in [0.3, 0.4) is 0 Å². The lowest BCUT2D eigenvalue weighted by Gasteiger charge is -2.34. The number of nitrogens with one attached hydrogen (secondary N) is 1. The standard InChI is InChI=1S/C17H23F3N4O3.2ClH/c1-12(21)10-16(26)24-8-6-23(7-9-24)11-15(25)22-13-2-4-14(5-3-13)27-17(18,19)20;;/h2-5,12H,6-11,21H2,1H3,(H,22,25);2*1H. The van der Waals surface area contributed by atoms with Gasteiger partial charge >= 0.3 is 6.36 Å². The van der Waals surface area contributed by atoms with Gasteiger partial charge in [-0.3, -0.25) is 14.5 Å². The van der Waals surface area contributed by atoms with Crippen molar-refractivity contribution in [2.45, 2.75) is 25.7 Å². The molecule has 0 aromatic heterocycles. The van der Waals surface area contributed by atoms with E-state index in [1.54, 1.807) is 11.8 Å². The molecule has 0 bridgehead atoms. The first-order valence-corrected chi connectivity index (χ1v) is 8.54. The van der Waals surface area contributed by atoms with Gasteiger partial charge in [0.2, 0.25) is 11.8 Å². The van der Waals surface area contributed by atoms with E-state index >= 15 is 0 Å². The number of ether oxygens (including phenoxy) is 1. The van der Waals surface area contributed by atoms with E-state index in [1.165, 1.54) is 12.1 Å². The first kappa shape index (κ1) is 27.2. The van der Waals surface area contributed by atoms with Crippen molar-refractivity contribution in [2.75, 3.05) is 38.0 Å². The van der Waals surface area contributed by atoms with Gasteiger partial charge in [-0.25, -0.2) is 0 Å². The summed E-state index contributed by atoms with van der Waals surface area (Å²) in [5, 5.41) is 2.62. The van der Waals surface area contributed by atoms with Crippen LogP contribution in [0.2, 0.25) is 0 Å². The van der Waals surface area contributed by atoms with E-state index in [-0.39, 0.29) is 55.0 Å². The molecule has 0 radical (unpaired) electrons. The van der Waals surface area contributed by atoms with Crippen molar-refractivity contribution in [3.63, 3.8) is 0 Å². The molecule has 1 aromatic carbocycles. The normalized spacial score (nSPS) is 15.6.